The molecule has 0 saturated heterocycles. The van der Waals surface area contributed by atoms with Crippen molar-refractivity contribution < 1.29 is 27.4 Å². The maximum atomic E-state index is 13.7. The fourth-order valence-electron chi connectivity index (χ4n) is 3.37. The SMILES string of the molecule is COc1ccc(C)cc1NC(=O)CN(c1ccc(C)cc1)S(=O)(=O)c1ccc(OC)c(OC)c1. The molecule has 0 heterocycles. The number of hydrogen-bond acceptors (Lipinski definition) is 6. The fraction of sp³-hybridized carbons (Fsp3) is 0.240. The van der Waals surface area contributed by atoms with Crippen molar-refractivity contribution in [3.05, 3.63) is 71.8 Å². The Bertz CT molecular complexity index is 1270. The molecule has 8 nitrogen and oxygen atoms in total. The van der Waals surface area contributed by atoms with E-state index in [0.717, 1.165) is 15.4 Å². The van der Waals surface area contributed by atoms with Crippen LogP contribution in [0.3, 0.4) is 0 Å². The van der Waals surface area contributed by atoms with Crippen molar-refractivity contribution >= 4 is 27.3 Å². The number of aryl methyl sites for hydroxylation is 2. The van der Waals surface area contributed by atoms with Crippen LogP contribution in [-0.4, -0.2) is 42.2 Å². The lowest BCUT2D eigenvalue weighted by molar-refractivity contribution is -0.114. The van der Waals surface area contributed by atoms with E-state index in [1.165, 1.54) is 39.5 Å². The number of anilines is 2. The van der Waals surface area contributed by atoms with Crippen LogP contribution in [0.15, 0.2) is 65.6 Å². The number of nitrogens with zero attached hydrogens (tertiary/aromatic N) is 1. The zero-order valence-electron chi connectivity index (χ0n) is 19.8. The number of sulfonamides is 1. The van der Waals surface area contributed by atoms with Crippen LogP contribution in [0.4, 0.5) is 11.4 Å². The summed E-state index contributed by atoms with van der Waals surface area (Å²) in [5.74, 6) is 0.617. The third-order valence-corrected chi connectivity index (χ3v) is 6.95. The summed E-state index contributed by atoms with van der Waals surface area (Å²) in [7, 11) is 0.262. The van der Waals surface area contributed by atoms with E-state index in [1.54, 1.807) is 36.4 Å². The fourth-order valence-corrected chi connectivity index (χ4v) is 4.81. The average Bonchev–Trinajstić information content (AvgIpc) is 2.82. The standard InChI is InChI=1S/C25H28N2O6S/c1-17-6-9-19(10-7-17)27(16-25(28)26-21-14-18(2)8-12-22(21)31-3)34(29,30)20-11-13-23(32-4)24(15-20)33-5/h6-15H,16H2,1-5H3,(H,26,28). The molecule has 3 aromatic rings. The van der Waals surface area contributed by atoms with Crippen molar-refractivity contribution in [2.24, 2.45) is 0 Å². The van der Waals surface area contributed by atoms with Gasteiger partial charge in [0.1, 0.15) is 12.3 Å². The summed E-state index contributed by atoms with van der Waals surface area (Å²) in [6.45, 7) is 3.33. The minimum Gasteiger partial charge on any atom is -0.495 e. The number of ether oxygens (including phenoxy) is 3. The monoisotopic (exact) mass is 484 g/mol. The highest BCUT2D eigenvalue weighted by atomic mass is 32.2. The van der Waals surface area contributed by atoms with Crippen molar-refractivity contribution in [3.63, 3.8) is 0 Å². The van der Waals surface area contributed by atoms with E-state index < -0.39 is 22.5 Å². The zero-order chi connectivity index (χ0) is 24.9. The van der Waals surface area contributed by atoms with E-state index in [0.29, 0.717) is 22.9 Å². The molecule has 3 aromatic carbocycles. The van der Waals surface area contributed by atoms with Gasteiger partial charge in [-0.3, -0.25) is 9.10 Å². The van der Waals surface area contributed by atoms with Gasteiger partial charge in [-0.1, -0.05) is 23.8 Å². The summed E-state index contributed by atoms with van der Waals surface area (Å²) in [4.78, 5) is 13.0. The van der Waals surface area contributed by atoms with Gasteiger partial charge in [0, 0.05) is 6.07 Å². The van der Waals surface area contributed by atoms with Gasteiger partial charge < -0.3 is 19.5 Å². The number of rotatable bonds is 9. The van der Waals surface area contributed by atoms with Crippen molar-refractivity contribution in [2.45, 2.75) is 18.7 Å². The molecule has 0 saturated carbocycles. The summed E-state index contributed by atoms with van der Waals surface area (Å²) >= 11 is 0. The lowest BCUT2D eigenvalue weighted by Gasteiger charge is -2.25. The van der Waals surface area contributed by atoms with Gasteiger partial charge in [-0.15, -0.1) is 0 Å². The molecule has 0 aliphatic carbocycles. The van der Waals surface area contributed by atoms with E-state index in [1.807, 2.05) is 19.9 Å². The van der Waals surface area contributed by atoms with Crippen LogP contribution in [0.1, 0.15) is 11.1 Å². The van der Waals surface area contributed by atoms with Crippen molar-refractivity contribution in [3.8, 4) is 17.2 Å². The third-order valence-electron chi connectivity index (χ3n) is 5.18. The predicted octanol–water partition coefficient (Wildman–Crippen LogP) is 4.16. The van der Waals surface area contributed by atoms with Crippen LogP contribution in [0.2, 0.25) is 0 Å². The van der Waals surface area contributed by atoms with E-state index in [9.17, 15) is 13.2 Å². The molecule has 9 heteroatoms. The number of carbonyl (C=O) groups excluding carboxylic acids is 1. The first-order chi connectivity index (χ1) is 16.2. The number of nitrogens with one attached hydrogen (secondary N) is 1. The summed E-state index contributed by atoms with van der Waals surface area (Å²) in [5.41, 5.74) is 2.69. The highest BCUT2D eigenvalue weighted by Crippen LogP contribution is 2.32. The maximum absolute atomic E-state index is 13.7. The summed E-state index contributed by atoms with van der Waals surface area (Å²) in [6, 6.07) is 16.5. The van der Waals surface area contributed by atoms with Gasteiger partial charge in [-0.25, -0.2) is 8.42 Å². The molecule has 0 fully saturated rings. The van der Waals surface area contributed by atoms with Crippen molar-refractivity contribution in [1.82, 2.24) is 0 Å². The normalized spacial score (nSPS) is 11.0. The molecule has 3 rings (SSSR count). The van der Waals surface area contributed by atoms with E-state index in [-0.39, 0.29) is 10.6 Å². The van der Waals surface area contributed by atoms with Gasteiger partial charge in [-0.2, -0.15) is 0 Å². The summed E-state index contributed by atoms with van der Waals surface area (Å²) in [6.07, 6.45) is 0. The highest BCUT2D eigenvalue weighted by Gasteiger charge is 2.28. The second kappa shape index (κ2) is 10.5. The highest BCUT2D eigenvalue weighted by molar-refractivity contribution is 7.92. The van der Waals surface area contributed by atoms with E-state index in [2.05, 4.69) is 5.32 Å². The molecule has 0 radical (unpaired) electrons. The molecule has 34 heavy (non-hydrogen) atoms. The Morgan fingerprint density at radius 2 is 1.38 bits per heavy atom. The largest absolute Gasteiger partial charge is 0.495 e. The van der Waals surface area contributed by atoms with Crippen LogP contribution >= 0.6 is 0 Å². The predicted molar refractivity (Wildman–Crippen MR) is 132 cm³/mol. The smallest absolute Gasteiger partial charge is 0.264 e. The molecule has 0 aliphatic heterocycles. The van der Waals surface area contributed by atoms with Crippen LogP contribution in [0.25, 0.3) is 0 Å². The van der Waals surface area contributed by atoms with Gasteiger partial charge >= 0.3 is 0 Å². The Labute approximate surface area is 200 Å². The van der Waals surface area contributed by atoms with Gasteiger partial charge in [0.15, 0.2) is 11.5 Å². The van der Waals surface area contributed by atoms with Crippen molar-refractivity contribution in [2.75, 3.05) is 37.5 Å². The second-order valence-corrected chi connectivity index (χ2v) is 9.48. The van der Waals surface area contributed by atoms with Crippen molar-refractivity contribution in [1.29, 1.82) is 0 Å². The lowest BCUT2D eigenvalue weighted by Crippen LogP contribution is -2.38. The van der Waals surface area contributed by atoms with Crippen LogP contribution in [-0.2, 0) is 14.8 Å². The quantitative estimate of drug-likeness (QED) is 0.490. The third kappa shape index (κ3) is 5.43. The topological polar surface area (TPSA) is 94.2 Å². The molecule has 0 aromatic heterocycles. The zero-order valence-corrected chi connectivity index (χ0v) is 20.6. The minimum atomic E-state index is -4.13. The summed E-state index contributed by atoms with van der Waals surface area (Å²) in [5, 5.41) is 2.76. The lowest BCUT2D eigenvalue weighted by atomic mass is 10.2. The molecule has 1 N–H and O–H groups in total. The first-order valence-electron chi connectivity index (χ1n) is 10.5. The molecule has 0 aliphatic rings. The Hall–Kier alpha value is -3.72. The Morgan fingerprint density at radius 3 is 2.00 bits per heavy atom. The average molecular weight is 485 g/mol. The first-order valence-corrected chi connectivity index (χ1v) is 11.9. The number of carbonyl (C=O) groups is 1. The van der Waals surface area contributed by atoms with Gasteiger partial charge in [0.05, 0.1) is 37.6 Å². The van der Waals surface area contributed by atoms with Crippen LogP contribution in [0, 0.1) is 13.8 Å². The van der Waals surface area contributed by atoms with E-state index in [4.69, 9.17) is 14.2 Å². The van der Waals surface area contributed by atoms with Gasteiger partial charge in [0.2, 0.25) is 5.91 Å². The maximum Gasteiger partial charge on any atom is 0.264 e. The Morgan fingerprint density at radius 1 is 0.794 bits per heavy atom. The molecular formula is C25H28N2O6S. The summed E-state index contributed by atoms with van der Waals surface area (Å²) < 4.78 is 44.2. The van der Waals surface area contributed by atoms with Crippen LogP contribution < -0.4 is 23.8 Å². The first kappa shape index (κ1) is 24.9. The van der Waals surface area contributed by atoms with Gasteiger partial charge in [-0.05, 0) is 55.8 Å². The number of methoxy groups -OCH3 is 3. The second-order valence-electron chi connectivity index (χ2n) is 7.62. The molecule has 0 atom stereocenters. The van der Waals surface area contributed by atoms with E-state index >= 15 is 0 Å². The minimum absolute atomic E-state index is 0.0355. The Kier molecular flexibility index (Phi) is 7.68. The molecule has 0 bridgehead atoms. The molecular weight excluding hydrogens is 456 g/mol. The number of hydrogen-bond donors (Lipinski definition) is 1. The molecule has 180 valence electrons. The Balaban J connectivity index is 2.00. The number of benzene rings is 3. The molecule has 0 unspecified atom stereocenters. The molecule has 1 amide bonds. The van der Waals surface area contributed by atoms with Gasteiger partial charge in [0.25, 0.3) is 10.0 Å². The van der Waals surface area contributed by atoms with Crippen LogP contribution in [0.5, 0.6) is 17.2 Å². The molecule has 0 spiro atoms. The number of amides is 1.